The van der Waals surface area contributed by atoms with E-state index in [1.165, 1.54) is 0 Å². The van der Waals surface area contributed by atoms with Crippen LogP contribution in [0.15, 0.2) is 34.5 Å². The van der Waals surface area contributed by atoms with Crippen molar-refractivity contribution in [3.8, 4) is 11.5 Å². The van der Waals surface area contributed by atoms with Crippen molar-refractivity contribution in [3.05, 3.63) is 35.0 Å². The SMILES string of the molecule is CCCOC(=O)C1C(C)=NC2=C(C(=O)CCC2)[C@@H]1c1ccc(O)c(OCC)c1. The monoisotopic (exact) mass is 385 g/mol. The highest BCUT2D eigenvalue weighted by Crippen LogP contribution is 2.45. The topological polar surface area (TPSA) is 85.2 Å². The number of Topliss-reactive ketones (excluding diaryl/α,β-unsaturated/α-hetero) is 1. The molecule has 2 atom stereocenters. The summed E-state index contributed by atoms with van der Waals surface area (Å²) < 4.78 is 11.0. The van der Waals surface area contributed by atoms with Crippen LogP contribution in [0.1, 0.15) is 57.9 Å². The Bertz CT molecular complexity index is 839. The molecule has 1 heterocycles. The molecule has 0 saturated carbocycles. The van der Waals surface area contributed by atoms with Crippen LogP contribution in [0.4, 0.5) is 0 Å². The number of esters is 1. The standard InChI is InChI=1S/C22H27NO5/c1-4-11-28-22(26)19-13(3)23-15-7-6-8-17(25)21(15)20(19)14-9-10-16(24)18(12-14)27-5-2/h9-10,12,19-20,24H,4-8,11H2,1-3H3/t19?,20-/m1/s1. The van der Waals surface area contributed by atoms with Crippen molar-refractivity contribution in [2.45, 2.75) is 52.4 Å². The van der Waals surface area contributed by atoms with Crippen LogP contribution < -0.4 is 4.74 Å². The molecule has 1 N–H and O–H groups in total. The number of allylic oxidation sites excluding steroid dienone is 2. The number of phenolic OH excluding ortho intramolecular Hbond substituents is 1. The van der Waals surface area contributed by atoms with Gasteiger partial charge in [0.1, 0.15) is 5.92 Å². The summed E-state index contributed by atoms with van der Waals surface area (Å²) in [6.07, 6.45) is 2.67. The number of aliphatic imine (C=N–C) groups is 1. The lowest BCUT2D eigenvalue weighted by molar-refractivity contribution is -0.146. The zero-order valence-electron chi connectivity index (χ0n) is 16.7. The molecule has 6 heteroatoms. The highest BCUT2D eigenvalue weighted by Gasteiger charge is 2.43. The molecule has 1 aromatic carbocycles. The quantitative estimate of drug-likeness (QED) is 0.750. The first-order valence-corrected chi connectivity index (χ1v) is 9.91. The largest absolute Gasteiger partial charge is 0.504 e. The summed E-state index contributed by atoms with van der Waals surface area (Å²) >= 11 is 0. The Labute approximate surface area is 165 Å². The summed E-state index contributed by atoms with van der Waals surface area (Å²) in [6.45, 7) is 6.32. The summed E-state index contributed by atoms with van der Waals surface area (Å²) in [5.41, 5.74) is 2.77. The molecular weight excluding hydrogens is 358 g/mol. The average molecular weight is 385 g/mol. The molecule has 0 fully saturated rings. The van der Waals surface area contributed by atoms with E-state index in [0.29, 0.717) is 36.7 Å². The maximum atomic E-state index is 12.9. The Kier molecular flexibility index (Phi) is 6.17. The molecule has 2 aliphatic rings. The van der Waals surface area contributed by atoms with E-state index in [0.717, 1.165) is 30.5 Å². The van der Waals surface area contributed by atoms with E-state index < -0.39 is 11.8 Å². The first kappa shape index (κ1) is 20.1. The molecule has 0 saturated heterocycles. The minimum absolute atomic E-state index is 0.0288. The Morgan fingerprint density at radius 2 is 2.07 bits per heavy atom. The summed E-state index contributed by atoms with van der Waals surface area (Å²) in [4.78, 5) is 30.3. The van der Waals surface area contributed by atoms with E-state index in [9.17, 15) is 14.7 Å². The summed E-state index contributed by atoms with van der Waals surface area (Å²) in [6, 6.07) is 5.01. The van der Waals surface area contributed by atoms with E-state index in [1.807, 2.05) is 20.8 Å². The van der Waals surface area contributed by atoms with Crippen LogP contribution in [0.2, 0.25) is 0 Å². The number of benzene rings is 1. The van der Waals surface area contributed by atoms with E-state index in [2.05, 4.69) is 4.99 Å². The third kappa shape index (κ3) is 3.81. The molecule has 3 rings (SSSR count). The van der Waals surface area contributed by atoms with Gasteiger partial charge >= 0.3 is 5.97 Å². The van der Waals surface area contributed by atoms with E-state index >= 15 is 0 Å². The molecule has 1 aliphatic carbocycles. The minimum Gasteiger partial charge on any atom is -0.504 e. The third-order valence-electron chi connectivity index (χ3n) is 5.18. The van der Waals surface area contributed by atoms with Gasteiger partial charge < -0.3 is 14.6 Å². The van der Waals surface area contributed by atoms with Crippen LogP contribution in [0, 0.1) is 5.92 Å². The molecular formula is C22H27NO5. The van der Waals surface area contributed by atoms with E-state index in [-0.39, 0.29) is 17.5 Å². The third-order valence-corrected chi connectivity index (χ3v) is 5.18. The van der Waals surface area contributed by atoms with Gasteiger partial charge in [-0.3, -0.25) is 14.6 Å². The van der Waals surface area contributed by atoms with Crippen molar-refractivity contribution in [1.29, 1.82) is 0 Å². The van der Waals surface area contributed by atoms with Crippen LogP contribution in [-0.4, -0.2) is 35.8 Å². The molecule has 0 amide bonds. The molecule has 1 unspecified atom stereocenters. The zero-order valence-corrected chi connectivity index (χ0v) is 16.7. The fourth-order valence-electron chi connectivity index (χ4n) is 3.96. The number of hydrogen-bond donors (Lipinski definition) is 1. The summed E-state index contributed by atoms with van der Waals surface area (Å²) in [5.74, 6) is -1.12. The van der Waals surface area contributed by atoms with Gasteiger partial charge in [0.2, 0.25) is 0 Å². The second-order valence-electron chi connectivity index (χ2n) is 7.17. The van der Waals surface area contributed by atoms with Crippen molar-refractivity contribution in [2.24, 2.45) is 10.9 Å². The van der Waals surface area contributed by atoms with Gasteiger partial charge in [0.15, 0.2) is 17.3 Å². The van der Waals surface area contributed by atoms with Gasteiger partial charge in [0.25, 0.3) is 0 Å². The molecule has 28 heavy (non-hydrogen) atoms. The number of rotatable bonds is 6. The molecule has 1 aromatic rings. The minimum atomic E-state index is -0.661. The summed E-state index contributed by atoms with van der Waals surface area (Å²) in [5, 5.41) is 10.1. The van der Waals surface area contributed by atoms with Crippen molar-refractivity contribution in [1.82, 2.24) is 0 Å². The molecule has 0 aromatic heterocycles. The van der Waals surface area contributed by atoms with Crippen molar-refractivity contribution in [3.63, 3.8) is 0 Å². The Balaban J connectivity index is 2.11. The predicted octanol–water partition coefficient (Wildman–Crippen LogP) is 3.93. The maximum Gasteiger partial charge on any atom is 0.315 e. The first-order valence-electron chi connectivity index (χ1n) is 9.91. The van der Waals surface area contributed by atoms with Gasteiger partial charge in [-0.15, -0.1) is 0 Å². The maximum absolute atomic E-state index is 12.9. The second-order valence-corrected chi connectivity index (χ2v) is 7.17. The highest BCUT2D eigenvalue weighted by molar-refractivity contribution is 6.08. The molecule has 150 valence electrons. The molecule has 0 radical (unpaired) electrons. The fourth-order valence-corrected chi connectivity index (χ4v) is 3.96. The Hall–Kier alpha value is -2.63. The number of ether oxygens (including phenoxy) is 2. The van der Waals surface area contributed by atoms with Crippen LogP contribution in [0.25, 0.3) is 0 Å². The predicted molar refractivity (Wildman–Crippen MR) is 106 cm³/mol. The van der Waals surface area contributed by atoms with Crippen LogP contribution >= 0.6 is 0 Å². The first-order chi connectivity index (χ1) is 13.5. The number of nitrogens with zero attached hydrogens (tertiary/aromatic N) is 1. The zero-order chi connectivity index (χ0) is 20.3. The van der Waals surface area contributed by atoms with Crippen LogP contribution in [0.5, 0.6) is 11.5 Å². The van der Waals surface area contributed by atoms with E-state index in [4.69, 9.17) is 9.47 Å². The fraction of sp³-hybridized carbons (Fsp3) is 0.500. The molecule has 0 spiro atoms. The highest BCUT2D eigenvalue weighted by atomic mass is 16.5. The second kappa shape index (κ2) is 8.59. The molecule has 1 aliphatic heterocycles. The average Bonchev–Trinajstić information content (AvgIpc) is 2.67. The number of aromatic hydroxyl groups is 1. The van der Waals surface area contributed by atoms with Gasteiger partial charge in [0, 0.05) is 29.3 Å². The van der Waals surface area contributed by atoms with Crippen LogP contribution in [0.3, 0.4) is 0 Å². The van der Waals surface area contributed by atoms with Crippen molar-refractivity contribution < 1.29 is 24.2 Å². The van der Waals surface area contributed by atoms with Gasteiger partial charge in [0.05, 0.1) is 13.2 Å². The van der Waals surface area contributed by atoms with Gasteiger partial charge in [-0.2, -0.15) is 0 Å². The van der Waals surface area contributed by atoms with Gasteiger partial charge in [-0.25, -0.2) is 0 Å². The number of carbonyl (C=O) groups is 2. The Morgan fingerprint density at radius 3 is 2.79 bits per heavy atom. The number of phenols is 1. The van der Waals surface area contributed by atoms with Gasteiger partial charge in [-0.05, 0) is 50.8 Å². The smallest absolute Gasteiger partial charge is 0.315 e. The molecule has 6 nitrogen and oxygen atoms in total. The van der Waals surface area contributed by atoms with Crippen molar-refractivity contribution in [2.75, 3.05) is 13.2 Å². The Morgan fingerprint density at radius 1 is 1.29 bits per heavy atom. The van der Waals surface area contributed by atoms with Gasteiger partial charge in [-0.1, -0.05) is 13.0 Å². The summed E-state index contributed by atoms with van der Waals surface area (Å²) in [7, 11) is 0. The normalized spacial score (nSPS) is 21.8. The van der Waals surface area contributed by atoms with Crippen LogP contribution in [-0.2, 0) is 14.3 Å². The lowest BCUT2D eigenvalue weighted by Gasteiger charge is -2.34. The lowest BCUT2D eigenvalue weighted by atomic mass is 9.71. The lowest BCUT2D eigenvalue weighted by Crippen LogP contribution is -2.37. The number of hydrogen-bond acceptors (Lipinski definition) is 6. The van der Waals surface area contributed by atoms with Crippen molar-refractivity contribution >= 4 is 17.5 Å². The van der Waals surface area contributed by atoms with E-state index in [1.54, 1.807) is 18.2 Å². The number of ketones is 1. The molecule has 0 bridgehead atoms. The number of carbonyl (C=O) groups excluding carboxylic acids is 2.